The van der Waals surface area contributed by atoms with Gasteiger partial charge in [-0.15, -0.1) is 0 Å². The van der Waals surface area contributed by atoms with Crippen molar-refractivity contribution in [2.45, 2.75) is 13.1 Å². The number of aromatic nitrogens is 4. The summed E-state index contributed by atoms with van der Waals surface area (Å²) in [5.41, 5.74) is 7.51. The number of halogens is 3. The highest BCUT2D eigenvalue weighted by Crippen LogP contribution is 2.46. The zero-order valence-corrected chi connectivity index (χ0v) is 35.9. The number of fused-ring (bicyclic) bond motifs is 3. The molecule has 68 heavy (non-hydrogen) atoms. The van der Waals surface area contributed by atoms with E-state index < -0.39 is 11.7 Å². The molecule has 0 bridgehead atoms. The number of aryl methyl sites for hydroxylation is 1. The van der Waals surface area contributed by atoms with E-state index in [1.54, 1.807) is 43.3 Å². The lowest BCUT2D eigenvalue weighted by Crippen LogP contribution is -2.05. The van der Waals surface area contributed by atoms with Gasteiger partial charge < -0.3 is 4.57 Å². The van der Waals surface area contributed by atoms with Gasteiger partial charge in [-0.3, -0.25) is 0 Å². The maximum atomic E-state index is 14.1. The molecule has 0 unspecified atom stereocenters. The van der Waals surface area contributed by atoms with E-state index in [4.69, 9.17) is 21.5 Å². The molecule has 0 radical (unpaired) electrons. The topological polar surface area (TPSA) is 119 Å². The van der Waals surface area contributed by atoms with Gasteiger partial charge in [-0.2, -0.15) is 29.0 Å². The summed E-state index contributed by atoms with van der Waals surface area (Å²) in [7, 11) is 0. The van der Waals surface area contributed by atoms with Crippen LogP contribution in [0.3, 0.4) is 0 Å². The van der Waals surface area contributed by atoms with E-state index in [9.17, 15) is 29.0 Å². The molecule has 0 atom stereocenters. The largest absolute Gasteiger partial charge is 0.416 e. The molecule has 0 saturated heterocycles. The van der Waals surface area contributed by atoms with Crippen molar-refractivity contribution >= 4 is 27.5 Å². The van der Waals surface area contributed by atoms with Gasteiger partial charge in [-0.25, -0.2) is 19.8 Å². The molecular formula is C57H31F3N8. The second-order valence-electron chi connectivity index (χ2n) is 16.1. The molecule has 0 fully saturated rings. The monoisotopic (exact) mass is 884 g/mol. The minimum absolute atomic E-state index is 0.200. The Kier molecular flexibility index (Phi) is 10.6. The average molecular weight is 885 g/mol. The number of nitrogens with zero attached hydrogens (tertiary/aromatic N) is 8. The summed E-state index contributed by atoms with van der Waals surface area (Å²) in [4.78, 5) is 18.6. The fourth-order valence-corrected chi connectivity index (χ4v) is 8.73. The first kappa shape index (κ1) is 42.3. The fourth-order valence-electron chi connectivity index (χ4n) is 8.73. The molecule has 0 amide bonds. The second-order valence-corrected chi connectivity index (χ2v) is 16.1. The number of nitriles is 3. The van der Waals surface area contributed by atoms with Crippen molar-refractivity contribution in [2.75, 3.05) is 0 Å². The highest BCUT2D eigenvalue weighted by atomic mass is 19.4. The van der Waals surface area contributed by atoms with Gasteiger partial charge in [0, 0.05) is 49.7 Å². The number of hydrogen-bond acceptors (Lipinski definition) is 6. The summed E-state index contributed by atoms with van der Waals surface area (Å²) in [5, 5.41) is 33.1. The summed E-state index contributed by atoms with van der Waals surface area (Å²) in [6.45, 7) is 9.43. The van der Waals surface area contributed by atoms with E-state index in [0.717, 1.165) is 39.5 Å². The molecular weight excluding hydrogens is 854 g/mol. The summed E-state index contributed by atoms with van der Waals surface area (Å²) in [6.07, 6.45) is -4.55. The fraction of sp³-hybridized carbons (Fsp3) is 0.0351. The minimum atomic E-state index is -4.55. The molecule has 8 nitrogen and oxygen atoms in total. The van der Waals surface area contributed by atoms with Gasteiger partial charge >= 0.3 is 6.18 Å². The van der Waals surface area contributed by atoms with Crippen molar-refractivity contribution in [3.63, 3.8) is 0 Å². The molecule has 0 N–H and O–H groups in total. The summed E-state index contributed by atoms with van der Waals surface area (Å²) < 4.78 is 44.4. The van der Waals surface area contributed by atoms with Crippen LogP contribution in [0.15, 0.2) is 170 Å². The number of hydrogen-bond donors (Lipinski definition) is 0. The van der Waals surface area contributed by atoms with Crippen molar-refractivity contribution in [3.05, 3.63) is 209 Å². The Labute approximate surface area is 388 Å². The predicted octanol–water partition coefficient (Wildman–Crippen LogP) is 14.5. The van der Waals surface area contributed by atoms with E-state index in [-0.39, 0.29) is 22.4 Å². The van der Waals surface area contributed by atoms with Gasteiger partial charge in [0.2, 0.25) is 0 Å². The van der Waals surface area contributed by atoms with Crippen LogP contribution < -0.4 is 0 Å². The average Bonchev–Trinajstić information content (AvgIpc) is 3.71. The summed E-state index contributed by atoms with van der Waals surface area (Å²) in [6, 6.07) is 56.5. The van der Waals surface area contributed by atoms with E-state index in [2.05, 4.69) is 23.1 Å². The van der Waals surface area contributed by atoms with Gasteiger partial charge in [0.1, 0.15) is 0 Å². The van der Waals surface area contributed by atoms with Gasteiger partial charge in [0.25, 0.3) is 0 Å². The molecule has 2 aromatic heterocycles. The molecule has 10 rings (SSSR count). The van der Waals surface area contributed by atoms with E-state index >= 15 is 0 Å². The highest BCUT2D eigenvalue weighted by Gasteiger charge is 2.31. The molecule has 0 spiro atoms. The maximum absolute atomic E-state index is 14.1. The van der Waals surface area contributed by atoms with Crippen LogP contribution in [0.25, 0.3) is 99.9 Å². The van der Waals surface area contributed by atoms with Gasteiger partial charge in [-0.05, 0) is 89.8 Å². The third-order valence-corrected chi connectivity index (χ3v) is 11.8. The van der Waals surface area contributed by atoms with Crippen molar-refractivity contribution in [2.24, 2.45) is 0 Å². The summed E-state index contributed by atoms with van der Waals surface area (Å²) >= 11 is 0. The number of rotatable bonds is 7. The van der Waals surface area contributed by atoms with Gasteiger partial charge in [-0.1, -0.05) is 109 Å². The maximum Gasteiger partial charge on any atom is 0.416 e. The Balaban J connectivity index is 1.35. The number of para-hydroxylation sites is 1. The lowest BCUT2D eigenvalue weighted by molar-refractivity contribution is -0.137. The predicted molar refractivity (Wildman–Crippen MR) is 257 cm³/mol. The summed E-state index contributed by atoms with van der Waals surface area (Å²) in [5.74, 6) is 1.11. The SMILES string of the molecule is [C-]#[N+]c1ccc(-c2cc(-c3nc(-c4ccccc4)nc(-c4ccccc4)n3)cc(-c3ccc(C#N)cc3C#N)c2-n2c3ccccc3c3cc(-c4cc(C)cc(C(F)(F)F)c4)ccc32)c(C#N)c1. The first-order valence-corrected chi connectivity index (χ1v) is 21.2. The van der Waals surface area contributed by atoms with Crippen LogP contribution in [-0.2, 0) is 6.18 Å². The van der Waals surface area contributed by atoms with Gasteiger partial charge in [0.05, 0.1) is 58.2 Å². The molecule has 0 aliphatic heterocycles. The van der Waals surface area contributed by atoms with E-state index in [1.165, 1.54) is 12.1 Å². The van der Waals surface area contributed by atoms with E-state index in [1.807, 2.05) is 114 Å². The Morgan fingerprint density at radius 1 is 0.500 bits per heavy atom. The Morgan fingerprint density at radius 3 is 1.68 bits per heavy atom. The standard InChI is InChI=1S/C57H31F3N8/c1-34-23-39(26-43(24-34)57(58,59)60)38-18-22-52-48(28-38)47-15-9-10-16-51(47)68(52)53-49(45-20-17-35(31-61)25-41(45)32-62)29-40(30-50(53)46-21-19-44(64-2)27-42(46)33-63)56-66-54(36-11-5-3-6-12-36)65-55(67-56)37-13-7-4-8-14-37/h3-30H,1H3. The van der Waals surface area contributed by atoms with Crippen LogP contribution in [-0.4, -0.2) is 19.5 Å². The molecule has 2 heterocycles. The molecule has 10 aromatic rings. The Hall–Kier alpha value is -9.68. The van der Waals surface area contributed by atoms with Crippen molar-refractivity contribution < 1.29 is 13.2 Å². The first-order chi connectivity index (χ1) is 33.0. The molecule has 0 aliphatic carbocycles. The first-order valence-electron chi connectivity index (χ1n) is 21.2. The van der Waals surface area contributed by atoms with Crippen LogP contribution in [0.4, 0.5) is 18.9 Å². The third kappa shape index (κ3) is 7.63. The minimum Gasteiger partial charge on any atom is -0.308 e. The van der Waals surface area contributed by atoms with Crippen LogP contribution in [0, 0.1) is 47.5 Å². The van der Waals surface area contributed by atoms with Crippen molar-refractivity contribution in [3.8, 4) is 91.4 Å². The second kappa shape index (κ2) is 17.0. The van der Waals surface area contributed by atoms with Crippen molar-refractivity contribution in [1.82, 2.24) is 19.5 Å². The quantitative estimate of drug-likeness (QED) is 0.147. The zero-order chi connectivity index (χ0) is 47.1. The smallest absolute Gasteiger partial charge is 0.308 e. The van der Waals surface area contributed by atoms with Gasteiger partial charge in [0.15, 0.2) is 23.2 Å². The molecule has 320 valence electrons. The Morgan fingerprint density at radius 2 is 1.07 bits per heavy atom. The van der Waals surface area contributed by atoms with Crippen LogP contribution in [0.2, 0.25) is 0 Å². The van der Waals surface area contributed by atoms with E-state index in [0.29, 0.717) is 73.2 Å². The normalized spacial score (nSPS) is 11.2. The molecule has 0 aliphatic rings. The lowest BCUT2D eigenvalue weighted by Gasteiger charge is -2.22. The molecule has 11 heteroatoms. The Bertz CT molecular complexity index is 3690. The lowest BCUT2D eigenvalue weighted by atomic mass is 9.88. The highest BCUT2D eigenvalue weighted by molar-refractivity contribution is 6.12. The zero-order valence-electron chi connectivity index (χ0n) is 35.9. The molecule has 0 saturated carbocycles. The van der Waals surface area contributed by atoms with Crippen LogP contribution in [0.5, 0.6) is 0 Å². The third-order valence-electron chi connectivity index (χ3n) is 11.8. The van der Waals surface area contributed by atoms with Crippen LogP contribution >= 0.6 is 0 Å². The number of benzene rings is 8. The molecule has 8 aromatic carbocycles. The number of alkyl halides is 3. The van der Waals surface area contributed by atoms with Crippen molar-refractivity contribution in [1.29, 1.82) is 15.8 Å². The van der Waals surface area contributed by atoms with Crippen LogP contribution in [0.1, 0.15) is 27.8 Å².